The fourth-order valence-electron chi connectivity index (χ4n) is 2.05. The van der Waals surface area contributed by atoms with Crippen molar-refractivity contribution in [2.75, 3.05) is 13.2 Å². The van der Waals surface area contributed by atoms with Crippen molar-refractivity contribution in [2.45, 2.75) is 0 Å². The number of imide groups is 1. The van der Waals surface area contributed by atoms with Gasteiger partial charge in [0.15, 0.2) is 0 Å². The molecule has 3 rings (SSSR count). The van der Waals surface area contributed by atoms with Gasteiger partial charge in [0.25, 0.3) is 11.1 Å². The van der Waals surface area contributed by atoms with E-state index in [2.05, 4.69) is 4.98 Å². The zero-order valence-corrected chi connectivity index (χ0v) is 12.8. The Morgan fingerprint density at radius 1 is 1.22 bits per heavy atom. The molecule has 1 saturated heterocycles. The lowest BCUT2D eigenvalue weighted by atomic mass is 10.3. The maximum Gasteiger partial charge on any atom is 0.293 e. The molecular formula is C16H13FN2O3S. The number of carbonyl (C=O) groups is 2. The van der Waals surface area contributed by atoms with E-state index in [1.807, 2.05) is 12.1 Å². The number of benzene rings is 1. The number of rotatable bonds is 5. The van der Waals surface area contributed by atoms with Crippen LogP contribution in [0.25, 0.3) is 6.08 Å². The maximum absolute atomic E-state index is 12.8. The Morgan fingerprint density at radius 2 is 2.00 bits per heavy atom. The van der Waals surface area contributed by atoms with Gasteiger partial charge >= 0.3 is 0 Å². The highest BCUT2D eigenvalue weighted by atomic mass is 32.2. The Labute approximate surface area is 136 Å². The van der Waals surface area contributed by atoms with Crippen LogP contribution in [0.5, 0.6) is 5.75 Å². The number of halogens is 1. The van der Waals surface area contributed by atoms with Crippen molar-refractivity contribution in [1.82, 2.24) is 9.88 Å². The Morgan fingerprint density at radius 3 is 2.70 bits per heavy atom. The SMILES string of the molecule is O=C1S/C(=C\c2ccc[nH]2)C(=O)N1CCOc1ccc(F)cc1. The number of hydrogen-bond acceptors (Lipinski definition) is 4. The number of H-pyrrole nitrogens is 1. The summed E-state index contributed by atoms with van der Waals surface area (Å²) in [4.78, 5) is 28.6. The smallest absolute Gasteiger partial charge is 0.293 e. The van der Waals surface area contributed by atoms with Gasteiger partial charge in [-0.25, -0.2) is 4.39 Å². The monoisotopic (exact) mass is 332 g/mol. The second-order valence-electron chi connectivity index (χ2n) is 4.76. The Bertz CT molecular complexity index is 741. The molecule has 7 heteroatoms. The number of thioether (sulfide) groups is 1. The molecule has 1 aliphatic heterocycles. The average Bonchev–Trinajstić information content (AvgIpc) is 3.13. The maximum atomic E-state index is 12.8. The van der Waals surface area contributed by atoms with Crippen LogP contribution in [0.2, 0.25) is 0 Å². The first kappa shape index (κ1) is 15.4. The molecule has 1 aromatic heterocycles. The van der Waals surface area contributed by atoms with Gasteiger partial charge in [0.05, 0.1) is 11.4 Å². The number of aromatic amines is 1. The minimum atomic E-state index is -0.349. The summed E-state index contributed by atoms with van der Waals surface area (Å²) in [6.45, 7) is 0.295. The Kier molecular flexibility index (Phi) is 4.47. The van der Waals surface area contributed by atoms with Crippen LogP contribution in [0.3, 0.4) is 0 Å². The normalized spacial score (nSPS) is 16.4. The first-order valence-electron chi connectivity index (χ1n) is 6.90. The lowest BCUT2D eigenvalue weighted by molar-refractivity contribution is -0.123. The number of nitrogens with zero attached hydrogens (tertiary/aromatic N) is 1. The van der Waals surface area contributed by atoms with E-state index in [1.54, 1.807) is 12.3 Å². The summed E-state index contributed by atoms with van der Waals surface area (Å²) in [5.74, 6) is -0.199. The van der Waals surface area contributed by atoms with Gasteiger partial charge in [-0.05, 0) is 54.2 Å². The third kappa shape index (κ3) is 3.62. The van der Waals surface area contributed by atoms with Crippen molar-refractivity contribution in [3.63, 3.8) is 0 Å². The number of nitrogens with one attached hydrogen (secondary N) is 1. The van der Waals surface area contributed by atoms with Crippen LogP contribution in [-0.2, 0) is 4.79 Å². The number of carbonyl (C=O) groups excluding carboxylic acids is 2. The second kappa shape index (κ2) is 6.70. The van der Waals surface area contributed by atoms with Crippen molar-refractivity contribution in [1.29, 1.82) is 0 Å². The third-order valence-electron chi connectivity index (χ3n) is 3.18. The molecule has 0 saturated carbocycles. The molecule has 0 aliphatic carbocycles. The van der Waals surface area contributed by atoms with Crippen LogP contribution in [0.15, 0.2) is 47.5 Å². The van der Waals surface area contributed by atoms with Crippen molar-refractivity contribution >= 4 is 29.0 Å². The summed E-state index contributed by atoms with van der Waals surface area (Å²) in [5, 5.41) is -0.324. The molecule has 2 amide bonds. The molecule has 2 heterocycles. The van der Waals surface area contributed by atoms with Crippen molar-refractivity contribution < 1.29 is 18.7 Å². The topological polar surface area (TPSA) is 62.4 Å². The van der Waals surface area contributed by atoms with Gasteiger partial charge < -0.3 is 9.72 Å². The molecule has 118 valence electrons. The molecule has 1 N–H and O–H groups in total. The highest BCUT2D eigenvalue weighted by Gasteiger charge is 2.34. The number of aromatic nitrogens is 1. The molecule has 0 radical (unpaired) electrons. The largest absolute Gasteiger partial charge is 0.492 e. The molecule has 2 aromatic rings. The molecule has 0 bridgehead atoms. The van der Waals surface area contributed by atoms with Crippen LogP contribution in [0.4, 0.5) is 9.18 Å². The van der Waals surface area contributed by atoms with E-state index < -0.39 is 0 Å². The van der Waals surface area contributed by atoms with E-state index in [9.17, 15) is 14.0 Å². The molecular weight excluding hydrogens is 319 g/mol. The second-order valence-corrected chi connectivity index (χ2v) is 5.75. The van der Waals surface area contributed by atoms with E-state index in [1.165, 1.54) is 24.3 Å². The minimum absolute atomic E-state index is 0.143. The molecule has 0 atom stereocenters. The molecule has 5 nitrogen and oxygen atoms in total. The highest BCUT2D eigenvalue weighted by molar-refractivity contribution is 8.18. The van der Waals surface area contributed by atoms with E-state index in [0.29, 0.717) is 10.7 Å². The van der Waals surface area contributed by atoms with Crippen LogP contribution in [0, 0.1) is 5.82 Å². The van der Waals surface area contributed by atoms with Gasteiger partial charge in [-0.3, -0.25) is 14.5 Å². The molecule has 0 spiro atoms. The van der Waals surface area contributed by atoms with E-state index in [4.69, 9.17) is 4.74 Å². The van der Waals surface area contributed by atoms with Gasteiger partial charge in [-0.2, -0.15) is 0 Å². The van der Waals surface area contributed by atoms with Gasteiger partial charge in [-0.15, -0.1) is 0 Å². The minimum Gasteiger partial charge on any atom is -0.492 e. The quantitative estimate of drug-likeness (QED) is 0.854. The van der Waals surface area contributed by atoms with Crippen molar-refractivity contribution in [3.8, 4) is 5.75 Å². The van der Waals surface area contributed by atoms with Crippen LogP contribution in [-0.4, -0.2) is 34.2 Å². The first-order valence-corrected chi connectivity index (χ1v) is 7.72. The fraction of sp³-hybridized carbons (Fsp3) is 0.125. The predicted octanol–water partition coefficient (Wildman–Crippen LogP) is 3.27. The first-order chi connectivity index (χ1) is 11.1. The van der Waals surface area contributed by atoms with Crippen molar-refractivity contribution in [2.24, 2.45) is 0 Å². The van der Waals surface area contributed by atoms with Gasteiger partial charge in [0.1, 0.15) is 18.2 Å². The summed E-state index contributed by atoms with van der Waals surface area (Å²) in [7, 11) is 0. The predicted molar refractivity (Wildman–Crippen MR) is 85.4 cm³/mol. The summed E-state index contributed by atoms with van der Waals surface area (Å²) in [5.41, 5.74) is 0.762. The van der Waals surface area contributed by atoms with E-state index in [-0.39, 0.29) is 30.1 Å². The Hall–Kier alpha value is -2.54. The zero-order chi connectivity index (χ0) is 16.2. The zero-order valence-electron chi connectivity index (χ0n) is 12.0. The summed E-state index contributed by atoms with van der Waals surface area (Å²) in [6.07, 6.45) is 3.39. The molecule has 1 fully saturated rings. The summed E-state index contributed by atoms with van der Waals surface area (Å²) >= 11 is 0.902. The molecule has 23 heavy (non-hydrogen) atoms. The molecule has 0 unspecified atom stereocenters. The third-order valence-corrected chi connectivity index (χ3v) is 4.09. The van der Waals surface area contributed by atoms with Crippen LogP contribution >= 0.6 is 11.8 Å². The lowest BCUT2D eigenvalue weighted by Gasteiger charge is -2.13. The van der Waals surface area contributed by atoms with Crippen molar-refractivity contribution in [3.05, 3.63) is 59.0 Å². The summed E-state index contributed by atoms with van der Waals surface area (Å²) < 4.78 is 18.2. The molecule has 1 aliphatic rings. The van der Waals surface area contributed by atoms with E-state index >= 15 is 0 Å². The van der Waals surface area contributed by atoms with Crippen LogP contribution < -0.4 is 4.74 Å². The average molecular weight is 332 g/mol. The van der Waals surface area contributed by atoms with Crippen LogP contribution in [0.1, 0.15) is 5.69 Å². The fourth-order valence-corrected chi connectivity index (χ4v) is 2.91. The lowest BCUT2D eigenvalue weighted by Crippen LogP contribution is -2.32. The Balaban J connectivity index is 1.59. The van der Waals surface area contributed by atoms with Gasteiger partial charge in [0, 0.05) is 11.9 Å². The highest BCUT2D eigenvalue weighted by Crippen LogP contribution is 2.31. The number of ether oxygens (including phenoxy) is 1. The molecule has 1 aromatic carbocycles. The van der Waals surface area contributed by atoms with Gasteiger partial charge in [-0.1, -0.05) is 0 Å². The standard InChI is InChI=1S/C16H13FN2O3S/c17-11-3-5-13(6-4-11)22-9-8-19-15(20)14(23-16(19)21)10-12-2-1-7-18-12/h1-7,10,18H,8-9H2/b14-10-. The summed E-state index contributed by atoms with van der Waals surface area (Å²) in [6, 6.07) is 9.18. The number of amides is 2. The van der Waals surface area contributed by atoms with E-state index in [0.717, 1.165) is 22.4 Å². The number of hydrogen-bond donors (Lipinski definition) is 1. The van der Waals surface area contributed by atoms with Gasteiger partial charge in [0.2, 0.25) is 0 Å².